The van der Waals surface area contributed by atoms with E-state index in [9.17, 15) is 9.59 Å². The first-order chi connectivity index (χ1) is 11.4. The van der Waals surface area contributed by atoms with Gasteiger partial charge in [-0.25, -0.2) is 4.79 Å². The van der Waals surface area contributed by atoms with Gasteiger partial charge in [0.05, 0.1) is 22.7 Å². The highest BCUT2D eigenvalue weighted by atomic mass is 35.5. The Hall–Kier alpha value is -2.24. The molecule has 0 bridgehead atoms. The van der Waals surface area contributed by atoms with Crippen LogP contribution in [0.3, 0.4) is 0 Å². The van der Waals surface area contributed by atoms with Crippen molar-refractivity contribution in [3.8, 4) is 5.75 Å². The van der Waals surface area contributed by atoms with Crippen LogP contribution in [0.4, 0.5) is 5.69 Å². The standard InChI is InChI=1S/C17H15Cl2NO4/c1-10(24-17(22)12-5-3-4-6-13(12)18)16(21)20-11-7-8-15(23-2)14(19)9-11/h3-10H,1-2H3,(H,20,21). The molecule has 0 heterocycles. The van der Waals surface area contributed by atoms with E-state index in [1.54, 1.807) is 36.4 Å². The molecule has 0 saturated carbocycles. The first-order valence-electron chi connectivity index (χ1n) is 7.02. The Morgan fingerprint density at radius 3 is 2.42 bits per heavy atom. The van der Waals surface area contributed by atoms with Gasteiger partial charge < -0.3 is 14.8 Å². The van der Waals surface area contributed by atoms with Gasteiger partial charge in [0.25, 0.3) is 5.91 Å². The van der Waals surface area contributed by atoms with Crippen molar-refractivity contribution in [2.75, 3.05) is 12.4 Å². The Morgan fingerprint density at radius 1 is 1.08 bits per heavy atom. The molecule has 2 aromatic rings. The van der Waals surface area contributed by atoms with Gasteiger partial charge in [-0.05, 0) is 37.3 Å². The van der Waals surface area contributed by atoms with Crippen LogP contribution in [0.15, 0.2) is 42.5 Å². The molecule has 2 rings (SSSR count). The predicted molar refractivity (Wildman–Crippen MR) is 93.0 cm³/mol. The first-order valence-corrected chi connectivity index (χ1v) is 7.78. The lowest BCUT2D eigenvalue weighted by Gasteiger charge is -2.14. The molecule has 0 fully saturated rings. The zero-order chi connectivity index (χ0) is 17.7. The number of rotatable bonds is 5. The maximum atomic E-state index is 12.1. The third-order valence-corrected chi connectivity index (χ3v) is 3.79. The van der Waals surface area contributed by atoms with Crippen molar-refractivity contribution in [2.45, 2.75) is 13.0 Å². The van der Waals surface area contributed by atoms with E-state index < -0.39 is 18.0 Å². The number of esters is 1. The normalized spacial score (nSPS) is 11.5. The summed E-state index contributed by atoms with van der Waals surface area (Å²) in [5.41, 5.74) is 0.665. The molecule has 126 valence electrons. The molecule has 0 aliphatic heterocycles. The smallest absolute Gasteiger partial charge is 0.340 e. The lowest BCUT2D eigenvalue weighted by Crippen LogP contribution is -2.30. The van der Waals surface area contributed by atoms with Crippen LogP contribution in [0.2, 0.25) is 10.0 Å². The van der Waals surface area contributed by atoms with Crippen LogP contribution in [-0.4, -0.2) is 25.1 Å². The van der Waals surface area contributed by atoms with Gasteiger partial charge in [0.1, 0.15) is 5.75 Å². The number of anilines is 1. The fraction of sp³-hybridized carbons (Fsp3) is 0.176. The van der Waals surface area contributed by atoms with Gasteiger partial charge in [-0.2, -0.15) is 0 Å². The van der Waals surface area contributed by atoms with E-state index >= 15 is 0 Å². The van der Waals surface area contributed by atoms with Crippen LogP contribution < -0.4 is 10.1 Å². The van der Waals surface area contributed by atoms with E-state index in [2.05, 4.69) is 5.32 Å². The summed E-state index contributed by atoms with van der Waals surface area (Å²) in [5, 5.41) is 3.23. The molecule has 7 heteroatoms. The Labute approximate surface area is 149 Å². The van der Waals surface area contributed by atoms with Gasteiger partial charge in [-0.15, -0.1) is 0 Å². The maximum Gasteiger partial charge on any atom is 0.340 e. The number of nitrogens with one attached hydrogen (secondary N) is 1. The molecule has 1 amide bonds. The van der Waals surface area contributed by atoms with E-state index in [-0.39, 0.29) is 10.6 Å². The van der Waals surface area contributed by atoms with Crippen molar-refractivity contribution in [3.63, 3.8) is 0 Å². The molecule has 5 nitrogen and oxygen atoms in total. The highest BCUT2D eigenvalue weighted by Crippen LogP contribution is 2.27. The number of methoxy groups -OCH3 is 1. The molecule has 0 aliphatic carbocycles. The van der Waals surface area contributed by atoms with Gasteiger partial charge >= 0.3 is 5.97 Å². The van der Waals surface area contributed by atoms with Gasteiger partial charge in [-0.3, -0.25) is 4.79 Å². The lowest BCUT2D eigenvalue weighted by atomic mass is 10.2. The summed E-state index contributed by atoms with van der Waals surface area (Å²) in [6.07, 6.45) is -1.00. The molecule has 0 aromatic heterocycles. The average molecular weight is 368 g/mol. The Balaban J connectivity index is 2.01. The molecule has 1 unspecified atom stereocenters. The summed E-state index contributed by atoms with van der Waals surface area (Å²) in [4.78, 5) is 24.2. The van der Waals surface area contributed by atoms with Crippen molar-refractivity contribution in [1.82, 2.24) is 0 Å². The number of carbonyl (C=O) groups excluding carboxylic acids is 2. The average Bonchev–Trinajstić information content (AvgIpc) is 2.55. The van der Waals surface area contributed by atoms with Crippen molar-refractivity contribution in [1.29, 1.82) is 0 Å². The second-order valence-electron chi connectivity index (χ2n) is 4.87. The molecule has 24 heavy (non-hydrogen) atoms. The number of ether oxygens (including phenoxy) is 2. The topological polar surface area (TPSA) is 64.6 Å². The highest BCUT2D eigenvalue weighted by Gasteiger charge is 2.20. The minimum absolute atomic E-state index is 0.200. The fourth-order valence-electron chi connectivity index (χ4n) is 1.89. The summed E-state index contributed by atoms with van der Waals surface area (Å²) in [7, 11) is 1.50. The molecule has 0 spiro atoms. The molecule has 0 saturated heterocycles. The van der Waals surface area contributed by atoms with Crippen molar-refractivity contribution in [3.05, 3.63) is 58.1 Å². The van der Waals surface area contributed by atoms with E-state index in [1.807, 2.05) is 0 Å². The zero-order valence-corrected chi connectivity index (χ0v) is 14.5. The van der Waals surface area contributed by atoms with Gasteiger partial charge in [0, 0.05) is 5.69 Å². The molecule has 1 N–H and O–H groups in total. The third-order valence-electron chi connectivity index (χ3n) is 3.17. The highest BCUT2D eigenvalue weighted by molar-refractivity contribution is 6.33. The lowest BCUT2D eigenvalue weighted by molar-refractivity contribution is -0.123. The van der Waals surface area contributed by atoms with Crippen molar-refractivity contribution in [2.24, 2.45) is 0 Å². The summed E-state index contributed by atoms with van der Waals surface area (Å²) in [6.45, 7) is 1.47. The van der Waals surface area contributed by atoms with Gasteiger partial charge in [-0.1, -0.05) is 35.3 Å². The zero-order valence-electron chi connectivity index (χ0n) is 13.0. The van der Waals surface area contributed by atoms with Crippen LogP contribution in [0.1, 0.15) is 17.3 Å². The van der Waals surface area contributed by atoms with Crippen LogP contribution >= 0.6 is 23.2 Å². The second kappa shape index (κ2) is 8.04. The van der Waals surface area contributed by atoms with E-state index in [0.717, 1.165) is 0 Å². The van der Waals surface area contributed by atoms with E-state index in [4.69, 9.17) is 32.7 Å². The van der Waals surface area contributed by atoms with Crippen LogP contribution in [-0.2, 0) is 9.53 Å². The molecular weight excluding hydrogens is 353 g/mol. The summed E-state index contributed by atoms with van der Waals surface area (Å²) in [5.74, 6) is -0.666. The Morgan fingerprint density at radius 2 is 1.79 bits per heavy atom. The molecule has 0 aliphatic rings. The Bertz CT molecular complexity index is 764. The third kappa shape index (κ3) is 4.40. The molecule has 2 aromatic carbocycles. The summed E-state index contributed by atoms with van der Waals surface area (Å²) >= 11 is 11.9. The predicted octanol–water partition coefficient (Wildman–Crippen LogP) is 4.19. The number of hydrogen-bond donors (Lipinski definition) is 1. The van der Waals surface area contributed by atoms with Crippen LogP contribution in [0.25, 0.3) is 0 Å². The fourth-order valence-corrected chi connectivity index (χ4v) is 2.36. The number of halogens is 2. The first kappa shape index (κ1) is 18.1. The van der Waals surface area contributed by atoms with E-state index in [1.165, 1.54) is 20.1 Å². The van der Waals surface area contributed by atoms with Crippen LogP contribution in [0.5, 0.6) is 5.75 Å². The Kier molecular flexibility index (Phi) is 6.06. The maximum absolute atomic E-state index is 12.1. The number of hydrogen-bond acceptors (Lipinski definition) is 4. The van der Waals surface area contributed by atoms with Gasteiger partial charge in [0.15, 0.2) is 6.10 Å². The minimum Gasteiger partial charge on any atom is -0.495 e. The SMILES string of the molecule is COc1ccc(NC(=O)C(C)OC(=O)c2ccccc2Cl)cc1Cl. The van der Waals surface area contributed by atoms with Gasteiger partial charge in [0.2, 0.25) is 0 Å². The van der Waals surface area contributed by atoms with E-state index in [0.29, 0.717) is 16.5 Å². The van der Waals surface area contributed by atoms with Crippen LogP contribution in [0, 0.1) is 0 Å². The number of carbonyl (C=O) groups is 2. The molecular formula is C17H15Cl2NO4. The van der Waals surface area contributed by atoms with Crippen molar-refractivity contribution < 1.29 is 19.1 Å². The summed E-state index contributed by atoms with van der Waals surface area (Å²) < 4.78 is 10.2. The summed E-state index contributed by atoms with van der Waals surface area (Å²) in [6, 6.07) is 11.3. The second-order valence-corrected chi connectivity index (χ2v) is 5.68. The monoisotopic (exact) mass is 367 g/mol. The largest absolute Gasteiger partial charge is 0.495 e. The number of amides is 1. The molecule has 0 radical (unpaired) electrons. The van der Waals surface area contributed by atoms with Crippen molar-refractivity contribution >= 4 is 40.8 Å². The quantitative estimate of drug-likeness (QED) is 0.804. The molecule has 1 atom stereocenters. The minimum atomic E-state index is -1.00. The number of benzene rings is 2.